The topological polar surface area (TPSA) is 9.23 Å². The normalized spacial score (nSPS) is 46.5. The third kappa shape index (κ3) is 4.20. The maximum absolute atomic E-state index is 14.4. The summed E-state index contributed by atoms with van der Waals surface area (Å²) in [6.45, 7) is 6.21. The molecule has 160 valence electrons. The van der Waals surface area contributed by atoms with Crippen LogP contribution in [0.3, 0.4) is 0 Å². The van der Waals surface area contributed by atoms with Gasteiger partial charge in [0.1, 0.15) is 0 Å². The van der Waals surface area contributed by atoms with E-state index in [-0.39, 0.29) is 12.0 Å². The molecule has 28 heavy (non-hydrogen) atoms. The van der Waals surface area contributed by atoms with Gasteiger partial charge in [-0.25, -0.2) is 0 Å². The molecule has 4 rings (SSSR count). The first-order chi connectivity index (χ1) is 13.5. The summed E-state index contributed by atoms with van der Waals surface area (Å²) in [5.41, 5.74) is 0. The zero-order valence-corrected chi connectivity index (χ0v) is 17.8. The van der Waals surface area contributed by atoms with Crippen molar-refractivity contribution in [3.63, 3.8) is 0 Å². The largest absolute Gasteiger partial charge is 0.361 e. The average molecular weight is 395 g/mol. The molecule has 4 fully saturated rings. The first-order valence-electron chi connectivity index (χ1n) is 12.2. The summed E-state index contributed by atoms with van der Waals surface area (Å²) in [5, 5.41) is 0. The molecule has 1 nitrogen and oxygen atoms in total. The quantitative estimate of drug-likeness (QED) is 0.436. The van der Waals surface area contributed by atoms with Crippen LogP contribution in [0.2, 0.25) is 0 Å². The van der Waals surface area contributed by atoms with Gasteiger partial charge in [-0.1, -0.05) is 32.3 Å². The van der Waals surface area contributed by atoms with Crippen LogP contribution in [0.15, 0.2) is 12.7 Å². The van der Waals surface area contributed by atoms with Gasteiger partial charge in [-0.2, -0.15) is 8.78 Å². The Morgan fingerprint density at radius 1 is 0.786 bits per heavy atom. The van der Waals surface area contributed by atoms with Crippen molar-refractivity contribution in [3.8, 4) is 0 Å². The molecule has 0 amide bonds. The second-order valence-electron chi connectivity index (χ2n) is 10.4. The minimum Gasteiger partial charge on any atom is -0.316 e. The number of ether oxygens (including phenoxy) is 1. The van der Waals surface area contributed by atoms with Crippen molar-refractivity contribution in [3.05, 3.63) is 12.7 Å². The number of hydrogen-bond acceptors (Lipinski definition) is 1. The first-order valence-corrected chi connectivity index (χ1v) is 12.2. The zero-order valence-electron chi connectivity index (χ0n) is 17.8. The fourth-order valence-electron chi connectivity index (χ4n) is 7.14. The third-order valence-corrected chi connectivity index (χ3v) is 9.11. The molecular weight excluding hydrogens is 354 g/mol. The van der Waals surface area contributed by atoms with Gasteiger partial charge < -0.3 is 4.74 Å². The molecule has 0 aromatic carbocycles. The van der Waals surface area contributed by atoms with E-state index < -0.39 is 12.0 Å². The van der Waals surface area contributed by atoms with E-state index in [0.717, 1.165) is 56.3 Å². The molecule has 0 aromatic heterocycles. The Morgan fingerprint density at radius 3 is 1.79 bits per heavy atom. The van der Waals surface area contributed by atoms with Gasteiger partial charge >= 0.3 is 6.11 Å². The Hall–Kier alpha value is -0.440. The lowest BCUT2D eigenvalue weighted by molar-refractivity contribution is -0.418. The van der Waals surface area contributed by atoms with Crippen LogP contribution in [-0.2, 0) is 4.74 Å². The van der Waals surface area contributed by atoms with Crippen molar-refractivity contribution in [1.82, 2.24) is 0 Å². The summed E-state index contributed by atoms with van der Waals surface area (Å²) >= 11 is 0. The zero-order chi connectivity index (χ0) is 19.7. The van der Waals surface area contributed by atoms with Crippen molar-refractivity contribution < 1.29 is 13.5 Å². The Morgan fingerprint density at radius 2 is 1.29 bits per heavy atom. The monoisotopic (exact) mass is 394 g/mol. The molecule has 0 N–H and O–H groups in total. The molecule has 3 aliphatic carbocycles. The van der Waals surface area contributed by atoms with Crippen LogP contribution in [0.1, 0.15) is 90.4 Å². The fraction of sp³-hybridized carbons (Fsp3) is 0.920. The predicted octanol–water partition coefficient (Wildman–Crippen LogP) is 7.61. The van der Waals surface area contributed by atoms with Crippen molar-refractivity contribution in [1.29, 1.82) is 0 Å². The van der Waals surface area contributed by atoms with Crippen molar-refractivity contribution >= 4 is 0 Å². The summed E-state index contributed by atoms with van der Waals surface area (Å²) in [4.78, 5) is 0. The van der Waals surface area contributed by atoms with Gasteiger partial charge in [0, 0.05) is 0 Å². The van der Waals surface area contributed by atoms with Gasteiger partial charge in [0.2, 0.25) is 0 Å². The molecule has 0 unspecified atom stereocenters. The van der Waals surface area contributed by atoms with Crippen molar-refractivity contribution in [2.45, 2.75) is 103 Å². The van der Waals surface area contributed by atoms with Crippen LogP contribution in [0.5, 0.6) is 0 Å². The summed E-state index contributed by atoms with van der Waals surface area (Å²) in [7, 11) is 0. The van der Waals surface area contributed by atoms with Crippen LogP contribution in [0.25, 0.3) is 0 Å². The molecule has 0 aromatic rings. The van der Waals surface area contributed by atoms with E-state index in [1.807, 2.05) is 6.08 Å². The van der Waals surface area contributed by atoms with Gasteiger partial charge in [-0.3, -0.25) is 0 Å². The van der Waals surface area contributed by atoms with Gasteiger partial charge in [0.05, 0.1) is 12.0 Å². The minimum atomic E-state index is -2.88. The maximum atomic E-state index is 14.4. The van der Waals surface area contributed by atoms with Crippen LogP contribution >= 0.6 is 0 Å². The van der Waals surface area contributed by atoms with Crippen molar-refractivity contribution in [2.75, 3.05) is 0 Å². The van der Waals surface area contributed by atoms with Crippen molar-refractivity contribution in [2.24, 2.45) is 41.4 Å². The maximum Gasteiger partial charge on any atom is 0.361 e. The number of alkyl halides is 2. The molecule has 1 saturated heterocycles. The summed E-state index contributed by atoms with van der Waals surface area (Å²) < 4.78 is 34.0. The Bertz CT molecular complexity index is 509. The average Bonchev–Trinajstić information content (AvgIpc) is 2.73. The highest BCUT2D eigenvalue weighted by atomic mass is 19.3. The molecule has 0 radical (unpaired) electrons. The summed E-state index contributed by atoms with van der Waals surface area (Å²) in [6.07, 6.45) is 14.5. The molecule has 0 bridgehead atoms. The van der Waals surface area contributed by atoms with Crippen LogP contribution in [0.4, 0.5) is 8.78 Å². The summed E-state index contributed by atoms with van der Waals surface area (Å²) in [6, 6.07) is 0. The highest BCUT2D eigenvalue weighted by molar-refractivity contribution is 4.99. The van der Waals surface area contributed by atoms with Crippen LogP contribution in [0, 0.1) is 41.4 Å². The summed E-state index contributed by atoms with van der Waals surface area (Å²) in [5.74, 6) is 3.21. The Kier molecular flexibility index (Phi) is 6.50. The second-order valence-corrected chi connectivity index (χ2v) is 10.4. The molecular formula is C25H40F2O. The fourth-order valence-corrected chi connectivity index (χ4v) is 7.14. The lowest BCUT2D eigenvalue weighted by Crippen LogP contribution is -2.61. The van der Waals surface area contributed by atoms with E-state index >= 15 is 0 Å². The Labute approximate surface area is 170 Å². The first kappa shape index (κ1) is 20.8. The van der Waals surface area contributed by atoms with E-state index in [2.05, 4.69) is 13.5 Å². The highest BCUT2D eigenvalue weighted by Crippen LogP contribution is 2.55. The number of allylic oxidation sites excluding steroid dienone is 1. The van der Waals surface area contributed by atoms with E-state index in [4.69, 9.17) is 4.74 Å². The SMILES string of the molecule is C=C[C@H]1CC[C@H]([C@H]2[C@H]([C@H]3CC[C@H](C4CCC(CC)CC4)CC3)OC2(F)F)CC1. The molecule has 1 aliphatic heterocycles. The van der Waals surface area contributed by atoms with E-state index in [1.54, 1.807) is 0 Å². The lowest BCUT2D eigenvalue weighted by Gasteiger charge is -2.53. The molecule has 4 aliphatic rings. The molecule has 0 spiro atoms. The smallest absolute Gasteiger partial charge is 0.316 e. The Balaban J connectivity index is 1.29. The van der Waals surface area contributed by atoms with E-state index in [1.165, 1.54) is 44.9 Å². The highest BCUT2D eigenvalue weighted by Gasteiger charge is 2.62. The van der Waals surface area contributed by atoms with Gasteiger partial charge in [-0.15, -0.1) is 6.58 Å². The minimum absolute atomic E-state index is 0.145. The molecule has 3 heteroatoms. The van der Waals surface area contributed by atoms with E-state index in [9.17, 15) is 8.78 Å². The third-order valence-electron chi connectivity index (χ3n) is 9.11. The standard InChI is InChI=1S/C25H40F2O/c1-3-17-5-9-19(10-6-17)20-13-15-22(16-14-20)24-23(25(26,27)28-24)21-11-7-18(4-2)8-12-21/h4,17-24H,2-3,5-16H2,1H3/t17?,18-,19?,20-,21-,22-,23-,24-/m0/s1. The predicted molar refractivity (Wildman–Crippen MR) is 110 cm³/mol. The molecule has 1 heterocycles. The number of hydrogen-bond donors (Lipinski definition) is 0. The van der Waals surface area contributed by atoms with Gasteiger partial charge in [0.15, 0.2) is 0 Å². The number of halogens is 2. The van der Waals surface area contributed by atoms with E-state index in [0.29, 0.717) is 11.8 Å². The lowest BCUT2D eigenvalue weighted by atomic mass is 9.64. The van der Waals surface area contributed by atoms with Gasteiger partial charge in [-0.05, 0) is 99.7 Å². The van der Waals surface area contributed by atoms with Crippen LogP contribution in [-0.4, -0.2) is 12.2 Å². The van der Waals surface area contributed by atoms with Gasteiger partial charge in [0.25, 0.3) is 0 Å². The second kappa shape index (κ2) is 8.74. The van der Waals surface area contributed by atoms with Crippen LogP contribution < -0.4 is 0 Å². The molecule has 2 atom stereocenters. The molecule has 3 saturated carbocycles. The number of rotatable bonds is 5.